The van der Waals surface area contributed by atoms with E-state index in [4.69, 9.17) is 14.2 Å². The van der Waals surface area contributed by atoms with E-state index in [1.807, 2.05) is 0 Å². The van der Waals surface area contributed by atoms with Crippen LogP contribution in [0.25, 0.3) is 0 Å². The minimum Gasteiger partial charge on any atom is -0.497 e. The van der Waals surface area contributed by atoms with Gasteiger partial charge in [-0.1, -0.05) is 6.07 Å². The average Bonchev–Trinajstić information content (AvgIpc) is 3.50. The van der Waals surface area contributed by atoms with Crippen molar-refractivity contribution in [3.05, 3.63) is 42.5 Å². The summed E-state index contributed by atoms with van der Waals surface area (Å²) in [4.78, 5) is 25.4. The Morgan fingerprint density at radius 1 is 0.815 bits per heavy atom. The molecule has 0 aliphatic heterocycles. The number of hydrogen-bond acceptors (Lipinski definition) is 5. The Hall–Kier alpha value is -3.22. The molecule has 2 N–H and O–H groups in total. The summed E-state index contributed by atoms with van der Waals surface area (Å²) >= 11 is 0. The third kappa shape index (κ3) is 3.81. The third-order valence-electron chi connectivity index (χ3n) is 4.59. The van der Waals surface area contributed by atoms with Gasteiger partial charge in [0.15, 0.2) is 11.5 Å². The van der Waals surface area contributed by atoms with Crippen LogP contribution in [-0.2, 0) is 9.59 Å². The van der Waals surface area contributed by atoms with Crippen molar-refractivity contribution in [1.82, 2.24) is 0 Å². The molecule has 7 nitrogen and oxygen atoms in total. The zero-order valence-electron chi connectivity index (χ0n) is 15.5. The molecule has 7 heteroatoms. The predicted molar refractivity (Wildman–Crippen MR) is 101 cm³/mol. The lowest BCUT2D eigenvalue weighted by atomic mass is 10.0. The molecule has 0 saturated heterocycles. The highest BCUT2D eigenvalue weighted by atomic mass is 16.5. The van der Waals surface area contributed by atoms with Crippen molar-refractivity contribution in [3.8, 4) is 17.2 Å². The van der Waals surface area contributed by atoms with Gasteiger partial charge in [0.2, 0.25) is 11.8 Å². The molecule has 0 atom stereocenters. The van der Waals surface area contributed by atoms with Crippen molar-refractivity contribution < 1.29 is 23.8 Å². The van der Waals surface area contributed by atoms with Gasteiger partial charge in [0, 0.05) is 23.5 Å². The Labute approximate surface area is 157 Å². The first-order valence-corrected chi connectivity index (χ1v) is 8.51. The van der Waals surface area contributed by atoms with Crippen LogP contribution in [0, 0.1) is 5.41 Å². The van der Waals surface area contributed by atoms with Crippen LogP contribution in [0.1, 0.15) is 12.8 Å². The number of hydrogen-bond donors (Lipinski definition) is 2. The van der Waals surface area contributed by atoms with Crippen molar-refractivity contribution in [2.24, 2.45) is 5.41 Å². The highest BCUT2D eigenvalue weighted by Crippen LogP contribution is 2.47. The van der Waals surface area contributed by atoms with Crippen molar-refractivity contribution in [3.63, 3.8) is 0 Å². The Bertz CT molecular complexity index is 861. The van der Waals surface area contributed by atoms with Crippen LogP contribution < -0.4 is 24.8 Å². The lowest BCUT2D eigenvalue weighted by molar-refractivity contribution is -0.131. The van der Waals surface area contributed by atoms with E-state index < -0.39 is 5.41 Å². The fourth-order valence-electron chi connectivity index (χ4n) is 2.80. The van der Waals surface area contributed by atoms with E-state index in [0.29, 0.717) is 41.5 Å². The number of methoxy groups -OCH3 is 3. The summed E-state index contributed by atoms with van der Waals surface area (Å²) in [7, 11) is 4.62. The number of rotatable bonds is 7. The molecule has 2 aromatic carbocycles. The number of carbonyl (C=O) groups excluding carboxylic acids is 2. The Morgan fingerprint density at radius 3 is 2.00 bits per heavy atom. The number of carbonyl (C=O) groups is 2. The first kappa shape index (κ1) is 18.6. The van der Waals surface area contributed by atoms with E-state index in [9.17, 15) is 9.59 Å². The molecule has 27 heavy (non-hydrogen) atoms. The SMILES string of the molecule is COc1cccc(NC(=O)C2(C(=O)Nc3ccc(OC)c(OC)c3)CC2)c1. The van der Waals surface area contributed by atoms with Gasteiger partial charge >= 0.3 is 0 Å². The van der Waals surface area contributed by atoms with E-state index in [-0.39, 0.29) is 11.8 Å². The summed E-state index contributed by atoms with van der Waals surface area (Å²) in [5.74, 6) is 1.03. The normalized spacial score (nSPS) is 14.0. The summed E-state index contributed by atoms with van der Waals surface area (Å²) in [5, 5.41) is 5.60. The molecule has 0 bridgehead atoms. The average molecular weight is 370 g/mol. The van der Waals surface area contributed by atoms with Crippen LogP contribution in [0.2, 0.25) is 0 Å². The Morgan fingerprint density at radius 2 is 1.44 bits per heavy atom. The van der Waals surface area contributed by atoms with Crippen LogP contribution >= 0.6 is 0 Å². The molecule has 1 aliphatic rings. The molecule has 142 valence electrons. The van der Waals surface area contributed by atoms with E-state index in [1.165, 1.54) is 14.2 Å². The fourth-order valence-corrected chi connectivity index (χ4v) is 2.80. The lowest BCUT2D eigenvalue weighted by Gasteiger charge is -2.16. The molecule has 2 amide bonds. The van der Waals surface area contributed by atoms with Crippen LogP contribution in [0.3, 0.4) is 0 Å². The van der Waals surface area contributed by atoms with Gasteiger partial charge in [0.25, 0.3) is 0 Å². The van der Waals surface area contributed by atoms with Gasteiger partial charge in [-0.3, -0.25) is 9.59 Å². The van der Waals surface area contributed by atoms with Crippen molar-refractivity contribution in [2.45, 2.75) is 12.8 Å². The van der Waals surface area contributed by atoms with Gasteiger partial charge in [-0.05, 0) is 37.1 Å². The smallest absolute Gasteiger partial charge is 0.240 e. The number of amides is 2. The minimum atomic E-state index is -1.06. The molecule has 0 radical (unpaired) electrons. The van der Waals surface area contributed by atoms with Crippen LogP contribution in [0.15, 0.2) is 42.5 Å². The standard InChI is InChI=1S/C20H22N2O5/c1-25-15-6-4-5-13(11-15)21-18(23)20(9-10-20)19(24)22-14-7-8-16(26-2)17(12-14)27-3/h4-8,11-12H,9-10H2,1-3H3,(H,21,23)(H,22,24). The molecule has 1 fully saturated rings. The maximum Gasteiger partial charge on any atom is 0.240 e. The molecular weight excluding hydrogens is 348 g/mol. The zero-order valence-corrected chi connectivity index (χ0v) is 15.5. The summed E-state index contributed by atoms with van der Waals surface area (Å²) in [6, 6.07) is 12.1. The maximum absolute atomic E-state index is 12.7. The highest BCUT2D eigenvalue weighted by molar-refractivity contribution is 6.17. The fraction of sp³-hybridized carbons (Fsp3) is 0.300. The van der Waals surface area contributed by atoms with Crippen LogP contribution in [0.5, 0.6) is 17.2 Å². The van der Waals surface area contributed by atoms with Crippen LogP contribution in [-0.4, -0.2) is 33.1 Å². The van der Waals surface area contributed by atoms with Crippen molar-refractivity contribution in [2.75, 3.05) is 32.0 Å². The number of benzene rings is 2. The van der Waals surface area contributed by atoms with Gasteiger partial charge in [-0.2, -0.15) is 0 Å². The summed E-state index contributed by atoms with van der Waals surface area (Å²) < 4.78 is 15.6. The van der Waals surface area contributed by atoms with E-state index in [1.54, 1.807) is 49.6 Å². The van der Waals surface area contributed by atoms with Gasteiger partial charge in [0.05, 0.1) is 21.3 Å². The lowest BCUT2D eigenvalue weighted by Crippen LogP contribution is -2.35. The second kappa shape index (κ2) is 7.57. The monoisotopic (exact) mass is 370 g/mol. The van der Waals surface area contributed by atoms with E-state index >= 15 is 0 Å². The molecule has 2 aromatic rings. The predicted octanol–water partition coefficient (Wildman–Crippen LogP) is 3.07. The quantitative estimate of drug-likeness (QED) is 0.732. The summed E-state index contributed by atoms with van der Waals surface area (Å²) in [6.07, 6.45) is 1.00. The number of nitrogens with one attached hydrogen (secondary N) is 2. The molecule has 1 saturated carbocycles. The first-order valence-electron chi connectivity index (χ1n) is 8.51. The molecule has 0 heterocycles. The number of ether oxygens (including phenoxy) is 3. The molecule has 0 spiro atoms. The minimum absolute atomic E-state index is 0.325. The largest absolute Gasteiger partial charge is 0.497 e. The van der Waals surface area contributed by atoms with Crippen molar-refractivity contribution in [1.29, 1.82) is 0 Å². The van der Waals surface area contributed by atoms with Gasteiger partial charge in [0.1, 0.15) is 11.2 Å². The van der Waals surface area contributed by atoms with Gasteiger partial charge in [-0.15, -0.1) is 0 Å². The molecule has 1 aliphatic carbocycles. The topological polar surface area (TPSA) is 85.9 Å². The molecular formula is C20H22N2O5. The van der Waals surface area contributed by atoms with Crippen LogP contribution in [0.4, 0.5) is 11.4 Å². The highest BCUT2D eigenvalue weighted by Gasteiger charge is 2.56. The Balaban J connectivity index is 1.71. The molecule has 0 unspecified atom stereocenters. The third-order valence-corrected chi connectivity index (χ3v) is 4.59. The van der Waals surface area contributed by atoms with Gasteiger partial charge in [-0.25, -0.2) is 0 Å². The Kier molecular flexibility index (Phi) is 5.21. The molecule has 3 rings (SSSR count). The first-order chi connectivity index (χ1) is 13.0. The summed E-state index contributed by atoms with van der Waals surface area (Å²) in [5.41, 5.74) is 0.0682. The summed E-state index contributed by atoms with van der Waals surface area (Å²) in [6.45, 7) is 0. The van der Waals surface area contributed by atoms with Crippen molar-refractivity contribution >= 4 is 23.2 Å². The second-order valence-electron chi connectivity index (χ2n) is 6.29. The molecule has 0 aromatic heterocycles. The number of anilines is 2. The zero-order chi connectivity index (χ0) is 19.4. The van der Waals surface area contributed by atoms with E-state index in [0.717, 1.165) is 0 Å². The van der Waals surface area contributed by atoms with Gasteiger partial charge < -0.3 is 24.8 Å². The maximum atomic E-state index is 12.7. The second-order valence-corrected chi connectivity index (χ2v) is 6.29. The van der Waals surface area contributed by atoms with E-state index in [2.05, 4.69) is 10.6 Å².